The summed E-state index contributed by atoms with van der Waals surface area (Å²) in [7, 11) is 0. The Labute approximate surface area is 94.4 Å². The van der Waals surface area contributed by atoms with Crippen molar-refractivity contribution in [3.63, 3.8) is 0 Å². The van der Waals surface area contributed by atoms with Crippen LogP contribution in [0.1, 0.15) is 48.0 Å². The summed E-state index contributed by atoms with van der Waals surface area (Å²) in [6.07, 6.45) is 3.71. The van der Waals surface area contributed by atoms with Crippen molar-refractivity contribution in [2.45, 2.75) is 45.1 Å². The van der Waals surface area contributed by atoms with E-state index in [-0.39, 0.29) is 12.5 Å². The number of rotatable bonds is 4. The molecule has 4 heteroatoms. The number of carbonyl (C=O) groups is 1. The van der Waals surface area contributed by atoms with Gasteiger partial charge in [-0.05, 0) is 31.7 Å². The molecule has 1 aliphatic carbocycles. The summed E-state index contributed by atoms with van der Waals surface area (Å²) in [6.45, 7) is 1.91. The van der Waals surface area contributed by atoms with E-state index < -0.39 is 5.97 Å². The zero-order valence-corrected chi connectivity index (χ0v) is 9.45. The zero-order valence-electron chi connectivity index (χ0n) is 9.45. The highest BCUT2D eigenvalue weighted by atomic mass is 16.4. The molecule has 1 aliphatic rings. The van der Waals surface area contributed by atoms with E-state index in [2.05, 4.69) is 0 Å². The van der Waals surface area contributed by atoms with Gasteiger partial charge in [0, 0.05) is 24.4 Å². The topological polar surface area (TPSA) is 76.5 Å². The van der Waals surface area contributed by atoms with Crippen molar-refractivity contribution in [3.05, 3.63) is 22.6 Å². The molecule has 0 radical (unpaired) electrons. The molecule has 0 aliphatic heterocycles. The van der Waals surface area contributed by atoms with Gasteiger partial charge in [-0.2, -0.15) is 0 Å². The standard InChI is InChI=1S/C12H17NO3/c1-7-12(9(13)5-6-11(14)15)8-3-2-4-10(8)16-7/h9H,2-6,13H2,1H3,(H,14,15). The first-order valence-corrected chi connectivity index (χ1v) is 5.68. The normalized spacial score (nSPS) is 16.1. The second kappa shape index (κ2) is 4.29. The Morgan fingerprint density at radius 2 is 2.31 bits per heavy atom. The molecule has 1 aromatic rings. The average Bonchev–Trinajstić information content (AvgIpc) is 2.73. The van der Waals surface area contributed by atoms with Crippen LogP contribution in [0.25, 0.3) is 0 Å². The van der Waals surface area contributed by atoms with E-state index in [1.54, 1.807) is 0 Å². The Balaban J connectivity index is 2.16. The van der Waals surface area contributed by atoms with Crippen LogP contribution in [0.3, 0.4) is 0 Å². The van der Waals surface area contributed by atoms with Crippen LogP contribution in [0.4, 0.5) is 0 Å². The van der Waals surface area contributed by atoms with Gasteiger partial charge in [-0.15, -0.1) is 0 Å². The maximum atomic E-state index is 10.5. The third-order valence-electron chi connectivity index (χ3n) is 3.19. The van der Waals surface area contributed by atoms with Crippen molar-refractivity contribution in [3.8, 4) is 0 Å². The van der Waals surface area contributed by atoms with Crippen LogP contribution < -0.4 is 5.73 Å². The van der Waals surface area contributed by atoms with Gasteiger partial charge < -0.3 is 15.3 Å². The molecule has 0 amide bonds. The van der Waals surface area contributed by atoms with Crippen molar-refractivity contribution in [2.75, 3.05) is 0 Å². The summed E-state index contributed by atoms with van der Waals surface area (Å²) >= 11 is 0. The lowest BCUT2D eigenvalue weighted by Crippen LogP contribution is -2.14. The first kappa shape index (κ1) is 11.2. The van der Waals surface area contributed by atoms with Crippen LogP contribution in [0.5, 0.6) is 0 Å². The van der Waals surface area contributed by atoms with Crippen molar-refractivity contribution in [2.24, 2.45) is 5.73 Å². The number of aryl methyl sites for hydroxylation is 2. The van der Waals surface area contributed by atoms with E-state index in [1.807, 2.05) is 6.92 Å². The van der Waals surface area contributed by atoms with Crippen molar-refractivity contribution >= 4 is 5.97 Å². The van der Waals surface area contributed by atoms with Gasteiger partial charge in [-0.25, -0.2) is 0 Å². The SMILES string of the molecule is Cc1oc2c(c1C(N)CCC(=O)O)CCC2. The molecule has 0 fully saturated rings. The Bertz CT molecular complexity index is 409. The van der Waals surface area contributed by atoms with E-state index in [0.29, 0.717) is 6.42 Å². The quantitative estimate of drug-likeness (QED) is 0.817. The lowest BCUT2D eigenvalue weighted by atomic mass is 9.98. The average molecular weight is 223 g/mol. The number of furan rings is 1. The van der Waals surface area contributed by atoms with Gasteiger partial charge in [0.25, 0.3) is 0 Å². The van der Waals surface area contributed by atoms with Crippen LogP contribution in [-0.2, 0) is 17.6 Å². The molecule has 0 spiro atoms. The fourth-order valence-electron chi connectivity index (χ4n) is 2.47. The number of carboxylic acid groups (broad SMARTS) is 1. The second-order valence-corrected chi connectivity index (χ2v) is 4.37. The number of hydrogen-bond acceptors (Lipinski definition) is 3. The number of carboxylic acids is 1. The molecule has 0 aromatic carbocycles. The maximum Gasteiger partial charge on any atom is 0.303 e. The predicted molar refractivity (Wildman–Crippen MR) is 59.3 cm³/mol. The summed E-state index contributed by atoms with van der Waals surface area (Å²) in [5, 5.41) is 8.64. The Morgan fingerprint density at radius 1 is 1.56 bits per heavy atom. The third-order valence-corrected chi connectivity index (χ3v) is 3.19. The molecule has 3 N–H and O–H groups in total. The summed E-state index contributed by atoms with van der Waals surface area (Å²) in [4.78, 5) is 10.5. The number of hydrogen-bond donors (Lipinski definition) is 2. The number of fused-ring (bicyclic) bond motifs is 1. The third kappa shape index (κ3) is 1.97. The molecule has 1 aromatic heterocycles. The van der Waals surface area contributed by atoms with Crippen LogP contribution in [-0.4, -0.2) is 11.1 Å². The molecule has 4 nitrogen and oxygen atoms in total. The van der Waals surface area contributed by atoms with Gasteiger partial charge in [-0.3, -0.25) is 4.79 Å². The van der Waals surface area contributed by atoms with Gasteiger partial charge in [0.1, 0.15) is 11.5 Å². The monoisotopic (exact) mass is 223 g/mol. The fourth-order valence-corrected chi connectivity index (χ4v) is 2.47. The van der Waals surface area contributed by atoms with Crippen molar-refractivity contribution in [1.29, 1.82) is 0 Å². The molecule has 0 saturated heterocycles. The predicted octanol–water partition coefficient (Wildman–Crippen LogP) is 1.94. The highest BCUT2D eigenvalue weighted by molar-refractivity contribution is 5.66. The van der Waals surface area contributed by atoms with E-state index in [1.165, 1.54) is 5.56 Å². The zero-order chi connectivity index (χ0) is 11.7. The minimum absolute atomic E-state index is 0.112. The summed E-state index contributed by atoms with van der Waals surface area (Å²) in [5.41, 5.74) is 8.32. The van der Waals surface area contributed by atoms with Crippen LogP contribution in [0.15, 0.2) is 4.42 Å². The summed E-state index contributed by atoms with van der Waals surface area (Å²) in [6, 6.07) is -0.207. The van der Waals surface area contributed by atoms with Crippen molar-refractivity contribution in [1.82, 2.24) is 0 Å². The van der Waals surface area contributed by atoms with Gasteiger partial charge in [0.2, 0.25) is 0 Å². The molecule has 0 bridgehead atoms. The summed E-state index contributed by atoms with van der Waals surface area (Å²) < 4.78 is 5.66. The molecule has 16 heavy (non-hydrogen) atoms. The molecule has 0 saturated carbocycles. The van der Waals surface area contributed by atoms with E-state index in [9.17, 15) is 4.79 Å². The largest absolute Gasteiger partial charge is 0.481 e. The Morgan fingerprint density at radius 3 is 3.00 bits per heavy atom. The lowest BCUT2D eigenvalue weighted by molar-refractivity contribution is -0.137. The first-order valence-electron chi connectivity index (χ1n) is 5.68. The fraction of sp³-hybridized carbons (Fsp3) is 0.583. The maximum absolute atomic E-state index is 10.5. The number of aliphatic carboxylic acids is 1. The van der Waals surface area contributed by atoms with Crippen molar-refractivity contribution < 1.29 is 14.3 Å². The Kier molecular flexibility index (Phi) is 3.01. The van der Waals surface area contributed by atoms with Gasteiger partial charge in [0.05, 0.1) is 0 Å². The van der Waals surface area contributed by atoms with E-state index >= 15 is 0 Å². The minimum atomic E-state index is -0.798. The summed E-state index contributed by atoms with van der Waals surface area (Å²) in [5.74, 6) is 1.12. The molecule has 2 rings (SSSR count). The molecule has 1 unspecified atom stereocenters. The molecule has 88 valence electrons. The first-order chi connectivity index (χ1) is 7.59. The van der Waals surface area contributed by atoms with Gasteiger partial charge in [-0.1, -0.05) is 0 Å². The van der Waals surface area contributed by atoms with Gasteiger partial charge >= 0.3 is 5.97 Å². The van der Waals surface area contributed by atoms with E-state index in [0.717, 1.165) is 36.3 Å². The van der Waals surface area contributed by atoms with E-state index in [4.69, 9.17) is 15.3 Å². The Hall–Kier alpha value is -1.29. The molecule has 1 heterocycles. The minimum Gasteiger partial charge on any atom is -0.481 e. The van der Waals surface area contributed by atoms with Crippen LogP contribution in [0, 0.1) is 6.92 Å². The smallest absolute Gasteiger partial charge is 0.303 e. The molecular formula is C12H17NO3. The lowest BCUT2D eigenvalue weighted by Gasteiger charge is -2.11. The van der Waals surface area contributed by atoms with Crippen LogP contribution >= 0.6 is 0 Å². The highest BCUT2D eigenvalue weighted by Crippen LogP contribution is 2.34. The second-order valence-electron chi connectivity index (χ2n) is 4.37. The molecular weight excluding hydrogens is 206 g/mol. The van der Waals surface area contributed by atoms with Gasteiger partial charge in [0.15, 0.2) is 0 Å². The number of nitrogens with two attached hydrogens (primary N) is 1. The molecule has 1 atom stereocenters. The van der Waals surface area contributed by atoms with Crippen LogP contribution in [0.2, 0.25) is 0 Å². The highest BCUT2D eigenvalue weighted by Gasteiger charge is 2.25.